The van der Waals surface area contributed by atoms with Crippen molar-refractivity contribution in [3.8, 4) is 5.75 Å². The highest BCUT2D eigenvalue weighted by Crippen LogP contribution is 2.33. The number of sulfonamides is 1. The van der Waals surface area contributed by atoms with Gasteiger partial charge in [-0.1, -0.05) is 35.8 Å². The van der Waals surface area contributed by atoms with Crippen LogP contribution in [0.25, 0.3) is 0 Å². The normalized spacial score (nSPS) is 17.5. The number of methoxy groups -OCH3 is 1. The van der Waals surface area contributed by atoms with Crippen LogP contribution in [0.1, 0.15) is 38.2 Å². The predicted octanol–water partition coefficient (Wildman–Crippen LogP) is 4.76. The molecule has 31 heavy (non-hydrogen) atoms. The molecule has 6 nitrogen and oxygen atoms in total. The number of carbonyl (C=O) groups is 1. The molecular formula is C22H26BrFN2O4S. The van der Waals surface area contributed by atoms with Gasteiger partial charge in [-0.15, -0.1) is 0 Å². The number of carbonyl (C=O) groups excluding carboxylic acids is 1. The minimum Gasteiger partial charge on any atom is -0.495 e. The van der Waals surface area contributed by atoms with Gasteiger partial charge in [-0.2, -0.15) is 4.31 Å². The van der Waals surface area contributed by atoms with Crippen LogP contribution in [0.3, 0.4) is 0 Å². The fourth-order valence-corrected chi connectivity index (χ4v) is 5.64. The molecule has 1 saturated heterocycles. The summed E-state index contributed by atoms with van der Waals surface area (Å²) in [6.07, 6.45) is 1.06. The van der Waals surface area contributed by atoms with E-state index in [9.17, 15) is 17.6 Å². The Morgan fingerprint density at radius 1 is 1.26 bits per heavy atom. The molecule has 0 unspecified atom stereocenters. The zero-order valence-corrected chi connectivity index (χ0v) is 20.1. The number of nitrogens with zero attached hydrogens (tertiary/aromatic N) is 1. The number of ether oxygens (including phenoxy) is 1. The van der Waals surface area contributed by atoms with Crippen molar-refractivity contribution < 1.29 is 22.3 Å². The molecule has 1 heterocycles. The van der Waals surface area contributed by atoms with Crippen LogP contribution >= 0.6 is 15.9 Å². The maximum Gasteiger partial charge on any atom is 0.246 e. The van der Waals surface area contributed by atoms with Gasteiger partial charge in [0.25, 0.3) is 0 Å². The summed E-state index contributed by atoms with van der Waals surface area (Å²) in [6, 6.07) is 9.51. The number of amides is 1. The Morgan fingerprint density at radius 2 is 2.00 bits per heavy atom. The molecule has 0 bridgehead atoms. The lowest BCUT2D eigenvalue weighted by atomic mass is 9.98. The fourth-order valence-electron chi connectivity index (χ4n) is 3.59. The molecule has 2 aromatic carbocycles. The highest BCUT2D eigenvalue weighted by Gasteiger charge is 2.35. The number of benzene rings is 2. The molecule has 0 spiro atoms. The molecule has 2 aromatic rings. The third-order valence-corrected chi connectivity index (χ3v) is 7.80. The van der Waals surface area contributed by atoms with Crippen LogP contribution in [0.15, 0.2) is 45.8 Å². The summed E-state index contributed by atoms with van der Waals surface area (Å²) in [5.74, 6) is -1.11. The van der Waals surface area contributed by atoms with Crippen molar-refractivity contribution in [3.63, 3.8) is 0 Å². The molecule has 0 aliphatic carbocycles. The number of rotatable bonds is 6. The predicted molar refractivity (Wildman–Crippen MR) is 121 cm³/mol. The van der Waals surface area contributed by atoms with E-state index in [1.54, 1.807) is 18.2 Å². The Hall–Kier alpha value is -1.97. The summed E-state index contributed by atoms with van der Waals surface area (Å²) in [4.78, 5) is 12.8. The summed E-state index contributed by atoms with van der Waals surface area (Å²) in [5, 5.41) is 2.58. The maximum absolute atomic E-state index is 14.1. The van der Waals surface area contributed by atoms with E-state index in [-0.39, 0.29) is 28.8 Å². The van der Waals surface area contributed by atoms with Crippen molar-refractivity contribution in [2.24, 2.45) is 5.92 Å². The van der Waals surface area contributed by atoms with Crippen LogP contribution in [0.2, 0.25) is 0 Å². The van der Waals surface area contributed by atoms with Gasteiger partial charge in [0.2, 0.25) is 15.9 Å². The molecule has 3 rings (SSSR count). The first-order chi connectivity index (χ1) is 14.6. The Labute approximate surface area is 191 Å². The monoisotopic (exact) mass is 512 g/mol. The molecule has 1 N–H and O–H groups in total. The Balaban J connectivity index is 1.82. The lowest BCUT2D eigenvalue weighted by Gasteiger charge is -2.31. The second kappa shape index (κ2) is 9.67. The standard InChI is InChI=1S/C22H26BrFN2O4S/c1-14(2)15-6-9-20(30-3)21(11-15)31(28,29)26-10-4-5-16(13-26)22(27)25-19-8-7-17(23)12-18(19)24/h6-9,11-12,14,16H,4-5,10,13H2,1-3H3,(H,25,27)/t16-/m0/s1. The van der Waals surface area contributed by atoms with Crippen LogP contribution in [-0.4, -0.2) is 38.8 Å². The van der Waals surface area contributed by atoms with E-state index in [2.05, 4.69) is 21.2 Å². The Bertz CT molecular complexity index is 1080. The molecule has 0 saturated carbocycles. The van der Waals surface area contributed by atoms with Crippen LogP contribution in [-0.2, 0) is 14.8 Å². The molecule has 0 aromatic heterocycles. The molecule has 168 valence electrons. The first-order valence-electron chi connectivity index (χ1n) is 10.1. The van der Waals surface area contributed by atoms with Gasteiger partial charge in [-0.25, -0.2) is 12.8 Å². The number of anilines is 1. The van der Waals surface area contributed by atoms with Crippen molar-refractivity contribution in [2.75, 3.05) is 25.5 Å². The highest BCUT2D eigenvalue weighted by atomic mass is 79.9. The third kappa shape index (κ3) is 5.27. The molecule has 0 radical (unpaired) electrons. The quantitative estimate of drug-likeness (QED) is 0.605. The fraction of sp³-hybridized carbons (Fsp3) is 0.409. The lowest BCUT2D eigenvalue weighted by Crippen LogP contribution is -2.43. The van der Waals surface area contributed by atoms with E-state index >= 15 is 0 Å². The van der Waals surface area contributed by atoms with Crippen molar-refractivity contribution in [3.05, 3.63) is 52.3 Å². The van der Waals surface area contributed by atoms with Gasteiger partial charge in [0.05, 0.1) is 18.7 Å². The zero-order chi connectivity index (χ0) is 22.8. The van der Waals surface area contributed by atoms with Gasteiger partial charge in [-0.05, 0) is 54.7 Å². The minimum absolute atomic E-state index is 0.0291. The molecule has 1 aliphatic rings. The number of nitrogens with one attached hydrogen (secondary N) is 1. The summed E-state index contributed by atoms with van der Waals surface area (Å²) in [7, 11) is -2.43. The van der Waals surface area contributed by atoms with E-state index in [1.165, 1.54) is 23.5 Å². The van der Waals surface area contributed by atoms with Crippen LogP contribution < -0.4 is 10.1 Å². The summed E-state index contributed by atoms with van der Waals surface area (Å²) >= 11 is 3.18. The van der Waals surface area contributed by atoms with Crippen LogP contribution in [0.4, 0.5) is 10.1 Å². The van der Waals surface area contributed by atoms with Gasteiger partial charge in [0.15, 0.2) is 0 Å². The first-order valence-corrected chi connectivity index (χ1v) is 12.3. The number of halogens is 2. The molecule has 1 amide bonds. The smallest absolute Gasteiger partial charge is 0.246 e. The number of piperidine rings is 1. The highest BCUT2D eigenvalue weighted by molar-refractivity contribution is 9.10. The topological polar surface area (TPSA) is 75.7 Å². The molecule has 1 atom stereocenters. The second-order valence-corrected chi connectivity index (χ2v) is 10.7. The van der Waals surface area contributed by atoms with Crippen molar-refractivity contribution in [1.29, 1.82) is 0 Å². The maximum atomic E-state index is 14.1. The van der Waals surface area contributed by atoms with Crippen molar-refractivity contribution in [2.45, 2.75) is 37.5 Å². The van der Waals surface area contributed by atoms with E-state index in [1.807, 2.05) is 19.9 Å². The minimum atomic E-state index is -3.87. The average molecular weight is 513 g/mol. The zero-order valence-electron chi connectivity index (χ0n) is 17.7. The Kier molecular flexibility index (Phi) is 7.39. The van der Waals surface area contributed by atoms with E-state index < -0.39 is 27.7 Å². The average Bonchev–Trinajstić information content (AvgIpc) is 2.75. The largest absolute Gasteiger partial charge is 0.495 e. The van der Waals surface area contributed by atoms with Gasteiger partial charge >= 0.3 is 0 Å². The van der Waals surface area contributed by atoms with Gasteiger partial charge in [-0.3, -0.25) is 4.79 Å². The van der Waals surface area contributed by atoms with Crippen LogP contribution in [0, 0.1) is 11.7 Å². The first kappa shape index (κ1) is 23.7. The summed E-state index contributed by atoms with van der Waals surface area (Å²) < 4.78 is 48.1. The van der Waals surface area contributed by atoms with E-state index in [0.29, 0.717) is 23.9 Å². The van der Waals surface area contributed by atoms with Crippen molar-refractivity contribution in [1.82, 2.24) is 4.31 Å². The second-order valence-electron chi connectivity index (χ2n) is 7.88. The van der Waals surface area contributed by atoms with E-state index in [0.717, 1.165) is 5.56 Å². The van der Waals surface area contributed by atoms with Crippen molar-refractivity contribution >= 4 is 37.5 Å². The van der Waals surface area contributed by atoms with Gasteiger partial charge in [0, 0.05) is 17.6 Å². The van der Waals surface area contributed by atoms with E-state index in [4.69, 9.17) is 4.74 Å². The third-order valence-electron chi connectivity index (χ3n) is 5.42. The van der Waals surface area contributed by atoms with Gasteiger partial charge < -0.3 is 10.1 Å². The SMILES string of the molecule is COc1ccc(C(C)C)cc1S(=O)(=O)N1CCC[C@H](C(=O)Nc2ccc(Br)cc2F)C1. The van der Waals surface area contributed by atoms with Crippen LogP contribution in [0.5, 0.6) is 5.75 Å². The molecule has 9 heteroatoms. The van der Waals surface area contributed by atoms with Gasteiger partial charge in [0.1, 0.15) is 16.5 Å². The molecular weight excluding hydrogens is 487 g/mol. The lowest BCUT2D eigenvalue weighted by molar-refractivity contribution is -0.120. The molecule has 1 fully saturated rings. The summed E-state index contributed by atoms with van der Waals surface area (Å²) in [6.45, 7) is 4.32. The number of hydrogen-bond donors (Lipinski definition) is 1. The number of hydrogen-bond acceptors (Lipinski definition) is 4. The Morgan fingerprint density at radius 3 is 2.65 bits per heavy atom. The summed E-state index contributed by atoms with van der Waals surface area (Å²) in [5.41, 5.74) is 0.955. The molecule has 1 aliphatic heterocycles.